The number of nitrogens with one attached hydrogen (secondary N) is 1. The number of carbonyl (C=O) groups is 2. The third kappa shape index (κ3) is 5.45. The highest BCUT2D eigenvalue weighted by Gasteiger charge is 2.52. The summed E-state index contributed by atoms with van der Waals surface area (Å²) in [5.74, 6) is 0.847. The molecule has 3 fully saturated rings. The molecule has 2 saturated heterocycles. The summed E-state index contributed by atoms with van der Waals surface area (Å²) in [4.78, 5) is 30.8. The number of Topliss-reactive ketones (excluding diaryl/α,β-unsaturated/α-hetero) is 2. The zero-order valence-corrected chi connectivity index (χ0v) is 23.0. The van der Waals surface area contributed by atoms with Gasteiger partial charge in [0.15, 0.2) is 0 Å². The van der Waals surface area contributed by atoms with Gasteiger partial charge in [0.05, 0.1) is 5.41 Å². The summed E-state index contributed by atoms with van der Waals surface area (Å²) in [7, 11) is 2.23. The maximum atomic E-state index is 13.3. The number of aromatic hydroxyl groups is 1. The van der Waals surface area contributed by atoms with Crippen molar-refractivity contribution in [3.05, 3.63) is 54.1 Å². The van der Waals surface area contributed by atoms with Gasteiger partial charge in [-0.2, -0.15) is 0 Å². The highest BCUT2D eigenvalue weighted by Crippen LogP contribution is 2.43. The lowest BCUT2D eigenvalue weighted by molar-refractivity contribution is -0.144. The number of hydrogen-bond acceptors (Lipinski definition) is 6. The Morgan fingerprint density at radius 2 is 1.76 bits per heavy atom. The molecule has 0 aromatic heterocycles. The molecular weight excluding hydrogens is 474 g/mol. The predicted molar refractivity (Wildman–Crippen MR) is 151 cm³/mol. The third-order valence-corrected chi connectivity index (χ3v) is 9.59. The number of ketones is 2. The molecule has 1 spiro atoms. The van der Waals surface area contributed by atoms with Gasteiger partial charge in [-0.15, -0.1) is 0 Å². The first kappa shape index (κ1) is 27.0. The first-order chi connectivity index (χ1) is 18.3. The molecule has 0 radical (unpaired) electrons. The van der Waals surface area contributed by atoms with Crippen LogP contribution in [-0.2, 0) is 16.1 Å². The summed E-state index contributed by atoms with van der Waals surface area (Å²) in [6, 6.07) is 16.1. The number of piperazine rings is 1. The van der Waals surface area contributed by atoms with Crippen LogP contribution in [0, 0.1) is 5.41 Å². The van der Waals surface area contributed by atoms with E-state index >= 15 is 0 Å². The minimum absolute atomic E-state index is 0.0552. The minimum atomic E-state index is -0.525. The van der Waals surface area contributed by atoms with Crippen molar-refractivity contribution < 1.29 is 14.7 Å². The highest BCUT2D eigenvalue weighted by molar-refractivity contribution is 5.97. The fraction of sp³-hybridized carbons (Fsp3) is 0.562. The largest absolute Gasteiger partial charge is 0.508 e. The number of piperidine rings is 1. The summed E-state index contributed by atoms with van der Waals surface area (Å²) in [6.07, 6.45) is 6.29. The van der Waals surface area contributed by atoms with E-state index in [-0.39, 0.29) is 23.1 Å². The first-order valence-corrected chi connectivity index (χ1v) is 14.4. The number of nitrogens with zero attached hydrogens (tertiary/aromatic N) is 2. The Hall–Kier alpha value is -2.54. The van der Waals surface area contributed by atoms with E-state index in [0.717, 1.165) is 76.0 Å². The van der Waals surface area contributed by atoms with Crippen LogP contribution in [0.5, 0.6) is 5.75 Å². The van der Waals surface area contributed by atoms with Crippen LogP contribution >= 0.6 is 0 Å². The van der Waals surface area contributed by atoms with E-state index in [1.807, 2.05) is 18.2 Å². The number of phenols is 1. The van der Waals surface area contributed by atoms with E-state index in [0.29, 0.717) is 25.0 Å². The number of rotatable bonds is 7. The summed E-state index contributed by atoms with van der Waals surface area (Å²) in [6.45, 7) is 6.85. The quantitative estimate of drug-likeness (QED) is 0.550. The van der Waals surface area contributed by atoms with Crippen molar-refractivity contribution in [3.63, 3.8) is 0 Å². The zero-order chi connectivity index (χ0) is 26.8. The lowest BCUT2D eigenvalue weighted by Crippen LogP contribution is -2.70. The van der Waals surface area contributed by atoms with E-state index in [4.69, 9.17) is 0 Å². The average Bonchev–Trinajstić information content (AvgIpc) is 2.92. The number of unbranched alkanes of at least 4 members (excludes halogenated alkanes) is 1. The van der Waals surface area contributed by atoms with Crippen molar-refractivity contribution in [2.75, 3.05) is 33.2 Å². The van der Waals surface area contributed by atoms with Gasteiger partial charge in [-0.1, -0.05) is 50.1 Å². The maximum absolute atomic E-state index is 13.3. The SMILES string of the molecule is CCCCC1([C@H]2CN(C)C3(CCN(Cc4cccc(-c5cccc(O)c5)c4)CC3)CN2)CC(=O)CCC1=O. The van der Waals surface area contributed by atoms with Crippen LogP contribution in [0.15, 0.2) is 48.5 Å². The van der Waals surface area contributed by atoms with Crippen LogP contribution in [0.25, 0.3) is 11.1 Å². The van der Waals surface area contributed by atoms with Gasteiger partial charge >= 0.3 is 0 Å². The Kier molecular flexibility index (Phi) is 8.03. The Balaban J connectivity index is 1.21. The van der Waals surface area contributed by atoms with E-state index in [2.05, 4.69) is 53.4 Å². The Labute approximate surface area is 227 Å². The summed E-state index contributed by atoms with van der Waals surface area (Å²) >= 11 is 0. The normalized spacial score (nSPS) is 26.6. The summed E-state index contributed by atoms with van der Waals surface area (Å²) < 4.78 is 0. The zero-order valence-electron chi connectivity index (χ0n) is 23.0. The van der Waals surface area contributed by atoms with Crippen molar-refractivity contribution >= 4 is 11.6 Å². The molecule has 3 aliphatic rings. The van der Waals surface area contributed by atoms with Crippen LogP contribution in [0.1, 0.15) is 63.9 Å². The molecule has 2 aliphatic heterocycles. The molecule has 6 nitrogen and oxygen atoms in total. The third-order valence-electron chi connectivity index (χ3n) is 9.59. The van der Waals surface area contributed by atoms with Gasteiger partial charge in [-0.25, -0.2) is 0 Å². The fourth-order valence-electron chi connectivity index (χ4n) is 7.08. The van der Waals surface area contributed by atoms with Crippen LogP contribution < -0.4 is 5.32 Å². The summed E-state index contributed by atoms with van der Waals surface area (Å²) in [5.41, 5.74) is 3.02. The molecule has 1 unspecified atom stereocenters. The number of carbonyl (C=O) groups excluding carboxylic acids is 2. The van der Waals surface area contributed by atoms with E-state index in [1.165, 1.54) is 5.56 Å². The number of likely N-dealkylation sites (N-methyl/N-ethyl adjacent to an activating group) is 1. The van der Waals surface area contributed by atoms with Crippen molar-refractivity contribution in [2.24, 2.45) is 5.41 Å². The molecule has 1 aliphatic carbocycles. The maximum Gasteiger partial charge on any atom is 0.141 e. The molecule has 2 atom stereocenters. The number of hydrogen-bond donors (Lipinski definition) is 2. The molecule has 1 saturated carbocycles. The highest BCUT2D eigenvalue weighted by atomic mass is 16.3. The van der Waals surface area contributed by atoms with Gasteiger partial charge < -0.3 is 10.4 Å². The summed E-state index contributed by atoms with van der Waals surface area (Å²) in [5, 5.41) is 13.7. The molecule has 0 amide bonds. The second-order valence-electron chi connectivity index (χ2n) is 12.0. The molecular formula is C32H43N3O3. The smallest absolute Gasteiger partial charge is 0.141 e. The van der Waals surface area contributed by atoms with Gasteiger partial charge in [0.25, 0.3) is 0 Å². The number of phenolic OH excluding ortho intramolecular Hbond substituents is 1. The van der Waals surface area contributed by atoms with Crippen LogP contribution in [0.4, 0.5) is 0 Å². The van der Waals surface area contributed by atoms with Gasteiger partial charge in [0.1, 0.15) is 17.3 Å². The molecule has 5 rings (SSSR count). The van der Waals surface area contributed by atoms with Crippen LogP contribution in [0.3, 0.4) is 0 Å². The van der Waals surface area contributed by atoms with Crippen molar-refractivity contribution in [1.82, 2.24) is 15.1 Å². The average molecular weight is 518 g/mol. The molecule has 2 aromatic rings. The van der Waals surface area contributed by atoms with Gasteiger partial charge in [0.2, 0.25) is 0 Å². The van der Waals surface area contributed by atoms with Crippen LogP contribution in [0.2, 0.25) is 0 Å². The van der Waals surface area contributed by atoms with Crippen LogP contribution in [-0.4, -0.2) is 71.3 Å². The van der Waals surface area contributed by atoms with E-state index < -0.39 is 5.41 Å². The number of benzene rings is 2. The Morgan fingerprint density at radius 1 is 1.03 bits per heavy atom. The molecule has 0 bridgehead atoms. The lowest BCUT2D eigenvalue weighted by atomic mass is 9.63. The second-order valence-corrected chi connectivity index (χ2v) is 12.0. The standard InChI is InChI=1S/C32H43N3O3/c1-3-4-13-32(20-28(37)11-12-30(32)38)29-22-34(2)31(23-33-29)14-16-35(17-15-31)21-24-7-5-8-25(18-24)26-9-6-10-27(36)19-26/h5-10,18-19,29,33,36H,3-4,11-17,20-23H2,1-2H3/t29-,32?/m1/s1. The van der Waals surface area contributed by atoms with Crippen molar-refractivity contribution in [2.45, 2.75) is 76.4 Å². The monoisotopic (exact) mass is 517 g/mol. The molecule has 2 aromatic carbocycles. The fourth-order valence-corrected chi connectivity index (χ4v) is 7.08. The van der Waals surface area contributed by atoms with E-state index in [1.54, 1.807) is 6.07 Å². The molecule has 6 heteroatoms. The lowest BCUT2D eigenvalue weighted by Gasteiger charge is -2.55. The molecule has 204 valence electrons. The first-order valence-electron chi connectivity index (χ1n) is 14.4. The Bertz CT molecular complexity index is 1160. The molecule has 2 heterocycles. The van der Waals surface area contributed by atoms with Gasteiger partial charge in [-0.3, -0.25) is 19.4 Å². The van der Waals surface area contributed by atoms with Gasteiger partial charge in [-0.05, 0) is 61.2 Å². The van der Waals surface area contributed by atoms with Gasteiger partial charge in [0, 0.05) is 63.6 Å². The molecule has 2 N–H and O–H groups in total. The number of likely N-dealkylation sites (tertiary alicyclic amines) is 1. The van der Waals surface area contributed by atoms with Crippen molar-refractivity contribution in [3.8, 4) is 16.9 Å². The topological polar surface area (TPSA) is 72.9 Å². The minimum Gasteiger partial charge on any atom is -0.508 e. The van der Waals surface area contributed by atoms with E-state index in [9.17, 15) is 14.7 Å². The second kappa shape index (κ2) is 11.3. The van der Waals surface area contributed by atoms with Crippen molar-refractivity contribution in [1.29, 1.82) is 0 Å². The Morgan fingerprint density at radius 3 is 2.47 bits per heavy atom. The molecule has 38 heavy (non-hydrogen) atoms. The predicted octanol–water partition coefficient (Wildman–Crippen LogP) is 4.80.